The third-order valence-electron chi connectivity index (χ3n) is 0.554. The minimum atomic E-state index is -2.34. The molecule has 0 rings (SSSR count). The number of hydrogen-bond acceptors (Lipinski definition) is 3. The lowest BCUT2D eigenvalue weighted by Gasteiger charge is -1.98. The van der Waals surface area contributed by atoms with Gasteiger partial charge in [-0.1, -0.05) is 6.58 Å². The molecule has 0 aromatic carbocycles. The molecular formula is C4H7NO4S. The molecule has 0 aliphatic carbocycles. The van der Waals surface area contributed by atoms with Crippen LogP contribution in [-0.4, -0.2) is 14.7 Å². The first-order valence-corrected chi connectivity index (χ1v) is 3.38. The first-order valence-electron chi connectivity index (χ1n) is 2.27. The van der Waals surface area contributed by atoms with Crippen LogP contribution >= 0.6 is 0 Å². The van der Waals surface area contributed by atoms with Crippen LogP contribution in [0.2, 0.25) is 0 Å². The summed E-state index contributed by atoms with van der Waals surface area (Å²) in [7, 11) is 0. The van der Waals surface area contributed by atoms with Gasteiger partial charge in [0.15, 0.2) is 0 Å². The van der Waals surface area contributed by atoms with Gasteiger partial charge in [-0.25, -0.2) is 9.00 Å². The maximum absolute atomic E-state index is 10.4. The van der Waals surface area contributed by atoms with Crippen LogP contribution in [-0.2, 0) is 20.9 Å². The average molecular weight is 165 g/mol. The van der Waals surface area contributed by atoms with Crippen LogP contribution in [0.5, 0.6) is 0 Å². The molecule has 0 aliphatic heterocycles. The number of carbonyl (C=O) groups is 1. The van der Waals surface area contributed by atoms with Gasteiger partial charge >= 0.3 is 5.97 Å². The Kier molecular flexibility index (Phi) is 3.85. The highest BCUT2D eigenvalue weighted by molar-refractivity contribution is 7.76. The Morgan fingerprint density at radius 3 is 2.60 bits per heavy atom. The Morgan fingerprint density at radius 1 is 1.80 bits per heavy atom. The van der Waals surface area contributed by atoms with Gasteiger partial charge in [0.05, 0.1) is 0 Å². The van der Waals surface area contributed by atoms with Crippen LogP contribution in [0.25, 0.3) is 0 Å². The van der Waals surface area contributed by atoms with Crippen molar-refractivity contribution >= 4 is 17.2 Å². The van der Waals surface area contributed by atoms with E-state index in [9.17, 15) is 9.00 Å². The highest BCUT2D eigenvalue weighted by Crippen LogP contribution is 1.88. The Hall–Kier alpha value is -0.720. The third-order valence-corrected chi connectivity index (χ3v) is 0.780. The van der Waals surface area contributed by atoms with Gasteiger partial charge < -0.3 is 4.84 Å². The van der Waals surface area contributed by atoms with Crippen LogP contribution in [0.3, 0.4) is 0 Å². The summed E-state index contributed by atoms with van der Waals surface area (Å²) in [6, 6.07) is 0. The van der Waals surface area contributed by atoms with E-state index in [4.69, 9.17) is 4.55 Å². The molecule has 0 saturated heterocycles. The fourth-order valence-corrected chi connectivity index (χ4v) is 0.308. The van der Waals surface area contributed by atoms with Gasteiger partial charge in [0.1, 0.15) is 0 Å². The molecule has 0 aromatic rings. The second kappa shape index (κ2) is 4.15. The molecule has 1 atom stereocenters. The van der Waals surface area contributed by atoms with E-state index >= 15 is 0 Å². The van der Waals surface area contributed by atoms with Gasteiger partial charge in [-0.15, -0.1) is 0 Å². The van der Waals surface area contributed by atoms with Gasteiger partial charge in [-0.05, 0) is 11.8 Å². The molecule has 0 radical (unpaired) electrons. The quantitative estimate of drug-likeness (QED) is 0.343. The van der Waals surface area contributed by atoms with E-state index in [2.05, 4.69) is 11.4 Å². The summed E-state index contributed by atoms with van der Waals surface area (Å²) in [5.74, 6) is -0.762. The molecule has 0 aliphatic rings. The van der Waals surface area contributed by atoms with E-state index < -0.39 is 17.2 Å². The number of carbonyl (C=O) groups excluding carboxylic acids is 1. The lowest BCUT2D eigenvalue weighted by Crippen LogP contribution is -2.21. The molecule has 0 amide bonds. The van der Waals surface area contributed by atoms with Gasteiger partial charge in [0, 0.05) is 5.57 Å². The average Bonchev–Trinajstić information content (AvgIpc) is 1.82. The van der Waals surface area contributed by atoms with Gasteiger partial charge in [-0.3, -0.25) is 4.55 Å². The van der Waals surface area contributed by atoms with Crippen molar-refractivity contribution in [2.75, 3.05) is 0 Å². The molecule has 10 heavy (non-hydrogen) atoms. The highest BCUT2D eigenvalue weighted by Gasteiger charge is 2.03. The van der Waals surface area contributed by atoms with E-state index in [1.165, 1.54) is 6.92 Å². The van der Waals surface area contributed by atoms with Gasteiger partial charge in [0.2, 0.25) is 0 Å². The zero-order valence-corrected chi connectivity index (χ0v) is 6.10. The molecule has 0 heterocycles. The molecule has 0 fully saturated rings. The summed E-state index contributed by atoms with van der Waals surface area (Å²) in [5, 5.41) is 0. The summed E-state index contributed by atoms with van der Waals surface area (Å²) in [5.41, 5.74) is 0.151. The molecule has 58 valence electrons. The third kappa shape index (κ3) is 4.19. The molecule has 0 aromatic heterocycles. The van der Waals surface area contributed by atoms with Crippen molar-refractivity contribution in [3.8, 4) is 0 Å². The molecule has 0 saturated carbocycles. The van der Waals surface area contributed by atoms with E-state index in [0.29, 0.717) is 0 Å². The largest absolute Gasteiger partial charge is 0.352 e. The first-order chi connectivity index (χ1) is 4.54. The van der Waals surface area contributed by atoms with Crippen molar-refractivity contribution in [3.63, 3.8) is 0 Å². The summed E-state index contributed by atoms with van der Waals surface area (Å²) in [6.07, 6.45) is 0. The summed E-state index contributed by atoms with van der Waals surface area (Å²) < 4.78 is 17.9. The minimum absolute atomic E-state index is 0.151. The molecular weight excluding hydrogens is 158 g/mol. The fourth-order valence-electron chi connectivity index (χ4n) is 0.161. The van der Waals surface area contributed by atoms with Gasteiger partial charge in [-0.2, -0.15) is 0 Å². The predicted molar refractivity (Wildman–Crippen MR) is 34.8 cm³/mol. The number of nitrogens with one attached hydrogen (secondary N) is 1. The second-order valence-corrected chi connectivity index (χ2v) is 2.17. The molecule has 1 unspecified atom stereocenters. The molecule has 6 heteroatoms. The predicted octanol–water partition coefficient (Wildman–Crippen LogP) is -0.253. The Bertz CT molecular complexity index is 178. The van der Waals surface area contributed by atoms with Crippen molar-refractivity contribution in [2.45, 2.75) is 6.92 Å². The minimum Gasteiger partial charge on any atom is -0.352 e. The SMILES string of the molecule is C=C(C)C(=O)ONS(=O)O. The van der Waals surface area contributed by atoms with Gasteiger partial charge in [0.25, 0.3) is 11.3 Å². The fraction of sp³-hybridized carbons (Fsp3) is 0.250. The van der Waals surface area contributed by atoms with Crippen molar-refractivity contribution in [2.24, 2.45) is 0 Å². The number of hydrogen-bond donors (Lipinski definition) is 2. The lowest BCUT2D eigenvalue weighted by molar-refractivity contribution is -0.142. The smallest absolute Gasteiger partial charge is 0.352 e. The zero-order chi connectivity index (χ0) is 8.15. The second-order valence-electron chi connectivity index (χ2n) is 1.50. The Morgan fingerprint density at radius 2 is 2.30 bits per heavy atom. The molecule has 2 N–H and O–H groups in total. The van der Waals surface area contributed by atoms with Crippen molar-refractivity contribution in [1.82, 2.24) is 4.89 Å². The van der Waals surface area contributed by atoms with E-state index in [-0.39, 0.29) is 5.57 Å². The lowest BCUT2D eigenvalue weighted by atomic mass is 10.4. The first kappa shape index (κ1) is 9.28. The van der Waals surface area contributed by atoms with Crippen LogP contribution in [0.15, 0.2) is 12.2 Å². The van der Waals surface area contributed by atoms with E-state index in [1.54, 1.807) is 4.89 Å². The molecule has 0 bridgehead atoms. The summed E-state index contributed by atoms with van der Waals surface area (Å²) >= 11 is -2.34. The maximum atomic E-state index is 10.4. The Balaban J connectivity index is 3.60. The number of rotatable bonds is 3. The van der Waals surface area contributed by atoms with Crippen LogP contribution in [0.4, 0.5) is 0 Å². The summed E-state index contributed by atoms with van der Waals surface area (Å²) in [6.45, 7) is 4.66. The monoisotopic (exact) mass is 165 g/mol. The van der Waals surface area contributed by atoms with Crippen LogP contribution in [0.1, 0.15) is 6.92 Å². The van der Waals surface area contributed by atoms with Crippen molar-refractivity contribution in [1.29, 1.82) is 0 Å². The van der Waals surface area contributed by atoms with Crippen molar-refractivity contribution < 1.29 is 18.4 Å². The van der Waals surface area contributed by atoms with Crippen LogP contribution in [0, 0.1) is 0 Å². The van der Waals surface area contributed by atoms with Crippen LogP contribution < -0.4 is 4.89 Å². The van der Waals surface area contributed by atoms with E-state index in [1.807, 2.05) is 0 Å². The summed E-state index contributed by atoms with van der Waals surface area (Å²) in [4.78, 5) is 16.0. The molecule has 0 spiro atoms. The topological polar surface area (TPSA) is 75.6 Å². The normalized spacial score (nSPS) is 12.2. The molecule has 5 nitrogen and oxygen atoms in total. The Labute approximate surface area is 60.4 Å². The van der Waals surface area contributed by atoms with Crippen molar-refractivity contribution in [3.05, 3.63) is 12.2 Å². The standard InChI is InChI=1S/C4H7NO4S/c1-3(2)4(6)9-5-10(7)8/h5H,1H2,2H3,(H,7,8). The highest BCUT2D eigenvalue weighted by atomic mass is 32.2. The maximum Gasteiger partial charge on any atom is 0.352 e. The van der Waals surface area contributed by atoms with E-state index in [0.717, 1.165) is 0 Å². The zero-order valence-electron chi connectivity index (χ0n) is 5.29.